The number of nitrogens with zero attached hydrogens (tertiary/aromatic N) is 2. The molecule has 0 radical (unpaired) electrons. The van der Waals surface area contributed by atoms with Crippen molar-refractivity contribution in [3.63, 3.8) is 0 Å². The monoisotopic (exact) mass is 272 g/mol. The van der Waals surface area contributed by atoms with E-state index in [2.05, 4.69) is 20.6 Å². The first-order chi connectivity index (χ1) is 9.67. The molecule has 2 N–H and O–H groups in total. The number of hydrogen-bond donors (Lipinski definition) is 2. The molecule has 1 amide bonds. The van der Waals surface area contributed by atoms with Crippen LogP contribution in [0.25, 0.3) is 0 Å². The molecule has 2 rings (SSSR count). The fourth-order valence-electron chi connectivity index (χ4n) is 1.64. The van der Waals surface area contributed by atoms with Crippen LogP contribution in [-0.2, 0) is 9.53 Å². The summed E-state index contributed by atoms with van der Waals surface area (Å²) in [6, 6.07) is 9.20. The van der Waals surface area contributed by atoms with Gasteiger partial charge in [-0.2, -0.15) is 0 Å². The minimum atomic E-state index is -0.181. The third-order valence-corrected chi connectivity index (χ3v) is 2.52. The number of nitrogens with one attached hydrogen (secondary N) is 2. The van der Waals surface area contributed by atoms with Crippen molar-refractivity contribution in [3.05, 3.63) is 42.4 Å². The predicted octanol–water partition coefficient (Wildman–Crippen LogP) is 2.11. The van der Waals surface area contributed by atoms with Crippen molar-refractivity contribution >= 4 is 23.1 Å². The second-order valence-electron chi connectivity index (χ2n) is 4.23. The van der Waals surface area contributed by atoms with Gasteiger partial charge in [-0.15, -0.1) is 0 Å². The highest BCUT2D eigenvalue weighted by Crippen LogP contribution is 2.17. The molecular weight excluding hydrogens is 256 g/mol. The van der Waals surface area contributed by atoms with Crippen molar-refractivity contribution in [2.45, 2.75) is 6.92 Å². The SMILES string of the molecule is COCC(=O)Nc1ccc(Nc2cc(C)ncn2)cc1. The molecule has 0 atom stereocenters. The van der Waals surface area contributed by atoms with Gasteiger partial charge in [0.2, 0.25) is 5.91 Å². The van der Waals surface area contributed by atoms with Gasteiger partial charge in [-0.05, 0) is 31.2 Å². The molecule has 1 heterocycles. The van der Waals surface area contributed by atoms with Gasteiger partial charge in [0, 0.05) is 30.2 Å². The maximum atomic E-state index is 11.4. The Morgan fingerprint density at radius 2 is 1.90 bits per heavy atom. The lowest BCUT2D eigenvalue weighted by atomic mass is 10.2. The average Bonchev–Trinajstić information content (AvgIpc) is 2.41. The van der Waals surface area contributed by atoms with E-state index in [-0.39, 0.29) is 12.5 Å². The highest BCUT2D eigenvalue weighted by Gasteiger charge is 2.02. The van der Waals surface area contributed by atoms with Crippen molar-refractivity contribution in [2.24, 2.45) is 0 Å². The molecule has 6 nitrogen and oxygen atoms in total. The Kier molecular flexibility index (Phi) is 4.62. The molecule has 0 spiro atoms. The van der Waals surface area contributed by atoms with Crippen LogP contribution in [0, 0.1) is 6.92 Å². The summed E-state index contributed by atoms with van der Waals surface area (Å²) < 4.78 is 4.75. The second kappa shape index (κ2) is 6.63. The number of methoxy groups -OCH3 is 1. The smallest absolute Gasteiger partial charge is 0.250 e. The van der Waals surface area contributed by atoms with Crippen molar-refractivity contribution in [3.8, 4) is 0 Å². The lowest BCUT2D eigenvalue weighted by molar-refractivity contribution is -0.119. The third-order valence-electron chi connectivity index (χ3n) is 2.52. The highest BCUT2D eigenvalue weighted by molar-refractivity contribution is 5.91. The van der Waals surface area contributed by atoms with Crippen LogP contribution in [-0.4, -0.2) is 29.6 Å². The molecule has 0 bridgehead atoms. The van der Waals surface area contributed by atoms with Crippen molar-refractivity contribution in [1.82, 2.24) is 9.97 Å². The number of hydrogen-bond acceptors (Lipinski definition) is 5. The lowest BCUT2D eigenvalue weighted by Crippen LogP contribution is -2.16. The minimum absolute atomic E-state index is 0.0419. The highest BCUT2D eigenvalue weighted by atomic mass is 16.5. The van der Waals surface area contributed by atoms with Crippen LogP contribution in [0.1, 0.15) is 5.69 Å². The molecular formula is C14H16N4O2. The van der Waals surface area contributed by atoms with Crippen LogP contribution in [0.2, 0.25) is 0 Å². The summed E-state index contributed by atoms with van der Waals surface area (Å²) in [5.41, 5.74) is 2.50. The normalized spacial score (nSPS) is 10.1. The summed E-state index contributed by atoms with van der Waals surface area (Å²) in [6.07, 6.45) is 1.51. The first-order valence-corrected chi connectivity index (χ1v) is 6.12. The van der Waals surface area contributed by atoms with E-state index in [0.717, 1.165) is 22.9 Å². The van der Waals surface area contributed by atoms with Gasteiger partial charge < -0.3 is 15.4 Å². The standard InChI is InChI=1S/C14H16N4O2/c1-10-7-13(16-9-15-10)17-11-3-5-12(6-4-11)18-14(19)8-20-2/h3-7,9H,8H2,1-2H3,(H,18,19)(H,15,16,17). The van der Waals surface area contributed by atoms with Gasteiger partial charge in [0.15, 0.2) is 0 Å². The molecule has 0 aliphatic heterocycles. The number of rotatable bonds is 5. The summed E-state index contributed by atoms with van der Waals surface area (Å²) in [4.78, 5) is 19.5. The molecule has 0 aliphatic carbocycles. The molecule has 0 aliphatic rings. The maximum Gasteiger partial charge on any atom is 0.250 e. The molecule has 0 saturated heterocycles. The van der Waals surface area contributed by atoms with E-state index in [4.69, 9.17) is 4.74 Å². The van der Waals surface area contributed by atoms with Crippen LogP contribution >= 0.6 is 0 Å². The van der Waals surface area contributed by atoms with E-state index in [1.54, 1.807) is 0 Å². The van der Waals surface area contributed by atoms with Crippen LogP contribution in [0.5, 0.6) is 0 Å². The van der Waals surface area contributed by atoms with Crippen molar-refractivity contribution in [2.75, 3.05) is 24.4 Å². The average molecular weight is 272 g/mol. The lowest BCUT2D eigenvalue weighted by Gasteiger charge is -2.08. The molecule has 104 valence electrons. The third kappa shape index (κ3) is 4.03. The first-order valence-electron chi connectivity index (χ1n) is 6.12. The van der Waals surface area contributed by atoms with Crippen LogP contribution in [0.15, 0.2) is 36.7 Å². The zero-order chi connectivity index (χ0) is 14.4. The molecule has 2 aromatic rings. The molecule has 0 unspecified atom stereocenters. The van der Waals surface area contributed by atoms with Crippen molar-refractivity contribution in [1.29, 1.82) is 0 Å². The van der Waals surface area contributed by atoms with E-state index in [1.165, 1.54) is 13.4 Å². The fraction of sp³-hybridized carbons (Fsp3) is 0.214. The largest absolute Gasteiger partial charge is 0.375 e. The van der Waals surface area contributed by atoms with E-state index in [0.29, 0.717) is 0 Å². The molecule has 0 saturated carbocycles. The second-order valence-corrected chi connectivity index (χ2v) is 4.23. The summed E-state index contributed by atoms with van der Waals surface area (Å²) in [5, 5.41) is 5.89. The molecule has 1 aromatic heterocycles. The molecule has 20 heavy (non-hydrogen) atoms. The number of benzene rings is 1. The number of carbonyl (C=O) groups is 1. The zero-order valence-corrected chi connectivity index (χ0v) is 11.4. The Labute approximate surface area is 117 Å². The van der Waals surface area contributed by atoms with E-state index in [1.807, 2.05) is 37.3 Å². The van der Waals surface area contributed by atoms with Gasteiger partial charge in [-0.3, -0.25) is 4.79 Å². The van der Waals surface area contributed by atoms with Gasteiger partial charge in [-0.25, -0.2) is 9.97 Å². The van der Waals surface area contributed by atoms with Gasteiger partial charge in [0.1, 0.15) is 18.8 Å². The number of aromatic nitrogens is 2. The fourth-order valence-corrected chi connectivity index (χ4v) is 1.64. The Balaban J connectivity index is 1.99. The zero-order valence-electron chi connectivity index (χ0n) is 11.4. The summed E-state index contributed by atoms with van der Waals surface area (Å²) in [6.45, 7) is 1.95. The van der Waals surface area contributed by atoms with Gasteiger partial charge in [0.05, 0.1) is 0 Å². The number of ether oxygens (including phenoxy) is 1. The number of aryl methyl sites for hydroxylation is 1. The first kappa shape index (κ1) is 14.0. The van der Waals surface area contributed by atoms with Crippen LogP contribution in [0.4, 0.5) is 17.2 Å². The summed E-state index contributed by atoms with van der Waals surface area (Å²) in [7, 11) is 1.48. The van der Waals surface area contributed by atoms with Crippen LogP contribution in [0.3, 0.4) is 0 Å². The topological polar surface area (TPSA) is 76.1 Å². The van der Waals surface area contributed by atoms with E-state index in [9.17, 15) is 4.79 Å². The van der Waals surface area contributed by atoms with E-state index >= 15 is 0 Å². The Morgan fingerprint density at radius 1 is 1.20 bits per heavy atom. The number of carbonyl (C=O) groups excluding carboxylic acids is 1. The molecule has 1 aromatic carbocycles. The van der Waals surface area contributed by atoms with E-state index < -0.39 is 0 Å². The Morgan fingerprint density at radius 3 is 2.55 bits per heavy atom. The maximum absolute atomic E-state index is 11.4. The summed E-state index contributed by atoms with van der Waals surface area (Å²) >= 11 is 0. The van der Waals surface area contributed by atoms with Crippen LogP contribution < -0.4 is 10.6 Å². The van der Waals surface area contributed by atoms with Gasteiger partial charge in [-0.1, -0.05) is 0 Å². The Hall–Kier alpha value is -2.47. The quantitative estimate of drug-likeness (QED) is 0.871. The molecule has 0 fully saturated rings. The minimum Gasteiger partial charge on any atom is -0.375 e. The Bertz CT molecular complexity index is 584. The van der Waals surface area contributed by atoms with Crippen molar-refractivity contribution < 1.29 is 9.53 Å². The molecule has 6 heteroatoms. The number of anilines is 3. The predicted molar refractivity (Wildman–Crippen MR) is 77.0 cm³/mol. The van der Waals surface area contributed by atoms with Gasteiger partial charge >= 0.3 is 0 Å². The van der Waals surface area contributed by atoms with Gasteiger partial charge in [0.25, 0.3) is 0 Å². The number of amides is 1. The summed E-state index contributed by atoms with van der Waals surface area (Å²) in [5.74, 6) is 0.549.